The van der Waals surface area contributed by atoms with E-state index in [2.05, 4.69) is 10.3 Å². The molecule has 2 aromatic rings. The van der Waals surface area contributed by atoms with Crippen LogP contribution in [0.2, 0.25) is 0 Å². The number of thiazole rings is 1. The van der Waals surface area contributed by atoms with Crippen molar-refractivity contribution in [2.45, 2.75) is 16.0 Å². The standard InChI is InChI=1S/C11H12N2OS2.ClH/c14-16(8-5-6-12-7-8)11-13-9-3-1-2-4-10(9)15-11;/h1-4,8,12H,5-7H2;1H/t8-,16?;/m1./s1. The summed E-state index contributed by atoms with van der Waals surface area (Å²) in [6, 6.07) is 7.95. The molecule has 92 valence electrons. The van der Waals surface area contributed by atoms with Crippen molar-refractivity contribution in [2.24, 2.45) is 0 Å². The summed E-state index contributed by atoms with van der Waals surface area (Å²) in [7, 11) is -0.946. The van der Waals surface area contributed by atoms with Gasteiger partial charge in [-0.2, -0.15) is 0 Å². The molecule has 1 aromatic heterocycles. The Kier molecular flexibility index (Phi) is 4.14. The van der Waals surface area contributed by atoms with Gasteiger partial charge in [-0.15, -0.1) is 23.7 Å². The van der Waals surface area contributed by atoms with Crippen molar-refractivity contribution >= 4 is 44.8 Å². The van der Waals surface area contributed by atoms with Gasteiger partial charge in [-0.1, -0.05) is 12.1 Å². The summed E-state index contributed by atoms with van der Waals surface area (Å²) in [5.41, 5.74) is 0.960. The third kappa shape index (κ3) is 2.52. The van der Waals surface area contributed by atoms with Crippen LogP contribution in [0.25, 0.3) is 10.2 Å². The summed E-state index contributed by atoms with van der Waals surface area (Å²) in [6.45, 7) is 1.82. The van der Waals surface area contributed by atoms with Crippen LogP contribution in [0, 0.1) is 0 Å². The van der Waals surface area contributed by atoms with Gasteiger partial charge in [0.05, 0.1) is 26.3 Å². The summed E-state index contributed by atoms with van der Waals surface area (Å²) >= 11 is 1.55. The number of hydrogen-bond donors (Lipinski definition) is 1. The van der Waals surface area contributed by atoms with Crippen LogP contribution < -0.4 is 5.32 Å². The van der Waals surface area contributed by atoms with Crippen LogP contribution >= 0.6 is 23.7 Å². The normalized spacial score (nSPS) is 21.3. The average molecular weight is 289 g/mol. The Morgan fingerprint density at radius 2 is 2.24 bits per heavy atom. The maximum atomic E-state index is 12.2. The lowest BCUT2D eigenvalue weighted by atomic mass is 10.3. The number of fused-ring (bicyclic) bond motifs is 1. The second-order valence-corrected chi connectivity index (χ2v) is 6.80. The molecule has 0 radical (unpaired) electrons. The summed E-state index contributed by atoms with van der Waals surface area (Å²) in [5.74, 6) is 0. The van der Waals surface area contributed by atoms with Gasteiger partial charge in [0.1, 0.15) is 0 Å². The highest BCUT2D eigenvalue weighted by Crippen LogP contribution is 2.26. The van der Waals surface area contributed by atoms with E-state index in [0.29, 0.717) is 0 Å². The smallest absolute Gasteiger partial charge is 0.182 e. The minimum absolute atomic E-state index is 0. The van der Waals surface area contributed by atoms with E-state index in [-0.39, 0.29) is 17.7 Å². The molecule has 1 aliphatic heterocycles. The molecular formula is C11H13ClN2OS2. The lowest BCUT2D eigenvalue weighted by Crippen LogP contribution is -2.18. The van der Waals surface area contributed by atoms with Crippen LogP contribution in [0.4, 0.5) is 0 Å². The van der Waals surface area contributed by atoms with E-state index in [4.69, 9.17) is 0 Å². The van der Waals surface area contributed by atoms with E-state index in [1.165, 1.54) is 0 Å². The molecular weight excluding hydrogens is 276 g/mol. The Morgan fingerprint density at radius 3 is 2.94 bits per heavy atom. The van der Waals surface area contributed by atoms with Crippen LogP contribution in [-0.4, -0.2) is 27.5 Å². The Balaban J connectivity index is 0.00000108. The number of para-hydroxylation sites is 1. The highest BCUT2D eigenvalue weighted by atomic mass is 35.5. The predicted molar refractivity (Wildman–Crippen MR) is 74.6 cm³/mol. The Hall–Kier alpha value is -0.490. The molecule has 1 N–H and O–H groups in total. The van der Waals surface area contributed by atoms with Crippen molar-refractivity contribution in [1.29, 1.82) is 0 Å². The largest absolute Gasteiger partial charge is 0.315 e. The van der Waals surface area contributed by atoms with Gasteiger partial charge < -0.3 is 5.32 Å². The van der Waals surface area contributed by atoms with Crippen molar-refractivity contribution in [3.05, 3.63) is 24.3 Å². The summed E-state index contributed by atoms with van der Waals surface area (Å²) < 4.78 is 14.1. The third-order valence-corrected chi connectivity index (χ3v) is 5.78. The second kappa shape index (κ2) is 5.44. The van der Waals surface area contributed by atoms with Crippen molar-refractivity contribution in [3.63, 3.8) is 0 Å². The molecule has 0 amide bonds. The molecule has 0 aliphatic carbocycles. The second-order valence-electron chi connectivity index (χ2n) is 3.86. The highest BCUT2D eigenvalue weighted by molar-refractivity contribution is 7.88. The van der Waals surface area contributed by atoms with E-state index in [1.807, 2.05) is 24.3 Å². The van der Waals surface area contributed by atoms with Gasteiger partial charge in [-0.3, -0.25) is 4.21 Å². The zero-order valence-electron chi connectivity index (χ0n) is 9.09. The zero-order valence-corrected chi connectivity index (χ0v) is 11.5. The van der Waals surface area contributed by atoms with E-state index < -0.39 is 10.8 Å². The zero-order chi connectivity index (χ0) is 11.0. The van der Waals surface area contributed by atoms with Gasteiger partial charge in [-0.05, 0) is 25.1 Å². The van der Waals surface area contributed by atoms with Crippen molar-refractivity contribution in [3.8, 4) is 0 Å². The molecule has 3 rings (SSSR count). The number of halogens is 1. The van der Waals surface area contributed by atoms with E-state index in [1.54, 1.807) is 11.3 Å². The molecule has 0 saturated carbocycles. The maximum absolute atomic E-state index is 12.2. The van der Waals surface area contributed by atoms with Crippen LogP contribution in [0.5, 0.6) is 0 Å². The quantitative estimate of drug-likeness (QED) is 0.921. The molecule has 2 heterocycles. The highest BCUT2D eigenvalue weighted by Gasteiger charge is 2.24. The van der Waals surface area contributed by atoms with Gasteiger partial charge in [0, 0.05) is 6.54 Å². The molecule has 0 spiro atoms. The SMILES string of the molecule is Cl.O=S(c1nc2ccccc2s1)[C@@H]1CCNC1. The van der Waals surface area contributed by atoms with Crippen molar-refractivity contribution in [1.82, 2.24) is 10.3 Å². The fraction of sp³-hybridized carbons (Fsp3) is 0.364. The molecule has 1 aliphatic rings. The maximum Gasteiger partial charge on any atom is 0.182 e. The van der Waals surface area contributed by atoms with Gasteiger partial charge in [0.25, 0.3) is 0 Å². The minimum atomic E-state index is -0.946. The number of nitrogens with one attached hydrogen (secondary N) is 1. The van der Waals surface area contributed by atoms with Crippen LogP contribution in [0.15, 0.2) is 28.6 Å². The first-order valence-corrected chi connectivity index (χ1v) is 7.34. The molecule has 1 aromatic carbocycles. The molecule has 6 heteroatoms. The fourth-order valence-corrected chi connectivity index (χ4v) is 4.67. The van der Waals surface area contributed by atoms with Crippen molar-refractivity contribution in [2.75, 3.05) is 13.1 Å². The first-order chi connectivity index (χ1) is 7.84. The fourth-order valence-electron chi connectivity index (χ4n) is 1.89. The van der Waals surface area contributed by atoms with Crippen LogP contribution in [0.1, 0.15) is 6.42 Å². The lowest BCUT2D eigenvalue weighted by molar-refractivity contribution is 0.672. The molecule has 17 heavy (non-hydrogen) atoms. The van der Waals surface area contributed by atoms with Gasteiger partial charge >= 0.3 is 0 Å². The first kappa shape index (κ1) is 13.0. The van der Waals surface area contributed by atoms with Crippen LogP contribution in [0.3, 0.4) is 0 Å². The molecule has 1 unspecified atom stereocenters. The van der Waals surface area contributed by atoms with Gasteiger partial charge in [0.15, 0.2) is 4.34 Å². The molecule has 1 fully saturated rings. The Labute approximate surface area is 113 Å². The number of rotatable bonds is 2. The number of benzene rings is 1. The monoisotopic (exact) mass is 288 g/mol. The van der Waals surface area contributed by atoms with E-state index >= 15 is 0 Å². The minimum Gasteiger partial charge on any atom is -0.315 e. The topological polar surface area (TPSA) is 42.0 Å². The van der Waals surface area contributed by atoms with Crippen LogP contribution in [-0.2, 0) is 10.8 Å². The molecule has 3 nitrogen and oxygen atoms in total. The number of nitrogens with zero attached hydrogens (tertiary/aromatic N) is 1. The Bertz CT molecular complexity index is 504. The molecule has 2 atom stereocenters. The number of aromatic nitrogens is 1. The summed E-state index contributed by atoms with van der Waals surface area (Å²) in [5, 5.41) is 3.48. The molecule has 0 bridgehead atoms. The predicted octanol–water partition coefficient (Wildman–Crippen LogP) is 2.19. The van der Waals surface area contributed by atoms with Gasteiger partial charge in [-0.25, -0.2) is 4.98 Å². The average Bonchev–Trinajstić information content (AvgIpc) is 2.97. The summed E-state index contributed by atoms with van der Waals surface area (Å²) in [6.07, 6.45) is 0.989. The van der Waals surface area contributed by atoms with E-state index in [0.717, 1.165) is 34.1 Å². The molecule has 1 saturated heterocycles. The van der Waals surface area contributed by atoms with Gasteiger partial charge in [0.2, 0.25) is 0 Å². The number of hydrogen-bond acceptors (Lipinski definition) is 4. The summed E-state index contributed by atoms with van der Waals surface area (Å²) in [4.78, 5) is 4.45. The third-order valence-electron chi connectivity index (χ3n) is 2.76. The van der Waals surface area contributed by atoms with E-state index in [9.17, 15) is 4.21 Å². The Morgan fingerprint density at radius 1 is 1.41 bits per heavy atom. The van der Waals surface area contributed by atoms with Crippen molar-refractivity contribution < 1.29 is 4.21 Å². The lowest BCUT2D eigenvalue weighted by Gasteiger charge is -2.03. The first-order valence-electron chi connectivity index (χ1n) is 5.31.